The van der Waals surface area contributed by atoms with Gasteiger partial charge in [-0.3, -0.25) is 4.79 Å². The summed E-state index contributed by atoms with van der Waals surface area (Å²) >= 11 is 0. The minimum Gasteiger partial charge on any atom is -0.320 e. The van der Waals surface area contributed by atoms with Crippen molar-refractivity contribution in [2.75, 3.05) is 25.0 Å². The Hall–Kier alpha value is -0.246. The summed E-state index contributed by atoms with van der Waals surface area (Å²) in [6.07, 6.45) is 5.86. The largest absolute Gasteiger partial charge is 0.320 e. The zero-order valence-electron chi connectivity index (χ0n) is 16.8. The van der Waals surface area contributed by atoms with Crippen LogP contribution in [0.25, 0.3) is 0 Å². The van der Waals surface area contributed by atoms with Crippen molar-refractivity contribution < 1.29 is 42.0 Å². The Bertz CT molecular complexity index is 556. The number of hydrogen-bond acceptors (Lipinski definition) is 1. The number of nitrogens with one attached hydrogen (secondary N) is 1. The maximum absolute atomic E-state index is 13.2. The summed E-state index contributed by atoms with van der Waals surface area (Å²) in [5, 5.41) is 3.29. The van der Waals surface area contributed by atoms with Crippen LogP contribution in [0, 0.1) is 20.8 Å². The van der Waals surface area contributed by atoms with Gasteiger partial charge in [-0.15, -0.1) is 0 Å². The fourth-order valence-corrected chi connectivity index (χ4v) is 4.50. The van der Waals surface area contributed by atoms with Gasteiger partial charge in [0.05, 0.1) is 19.6 Å². The van der Waals surface area contributed by atoms with E-state index < -0.39 is 0 Å². The summed E-state index contributed by atoms with van der Waals surface area (Å²) in [5.74, 6) is 0.218. The predicted octanol–water partition coefficient (Wildman–Crippen LogP) is 4.74. The third-order valence-corrected chi connectivity index (χ3v) is 5.79. The van der Waals surface area contributed by atoms with Crippen LogP contribution in [0.4, 0.5) is 5.69 Å². The van der Waals surface area contributed by atoms with Gasteiger partial charge in [0.2, 0.25) is 0 Å². The van der Waals surface area contributed by atoms with Crippen molar-refractivity contribution in [3.05, 3.63) is 28.8 Å². The number of rotatable bonds is 6. The average Bonchev–Trinajstić information content (AvgIpc) is 2.56. The quantitative estimate of drug-likeness (QED) is 0.662. The first kappa shape index (κ1) is 22.8. The van der Waals surface area contributed by atoms with E-state index >= 15 is 0 Å². The van der Waals surface area contributed by atoms with E-state index in [1.165, 1.54) is 24.8 Å². The molecule has 0 bridgehead atoms. The van der Waals surface area contributed by atoms with Gasteiger partial charge in [-0.1, -0.05) is 24.6 Å². The van der Waals surface area contributed by atoms with Crippen LogP contribution in [0.3, 0.4) is 0 Å². The Kier molecular flexibility index (Phi) is 9.28. The van der Waals surface area contributed by atoms with Gasteiger partial charge in [0.15, 0.2) is 6.04 Å². The van der Waals surface area contributed by atoms with Gasteiger partial charge in [-0.05, 0) is 64.5 Å². The number of aryl methyl sites for hydroxylation is 3. The van der Waals surface area contributed by atoms with E-state index in [1.807, 2.05) is 0 Å². The molecule has 137 valence electrons. The van der Waals surface area contributed by atoms with Crippen LogP contribution >= 0.6 is 0 Å². The smallest absolute Gasteiger partial charge is 0.282 e. The molecule has 1 aliphatic rings. The fraction of sp³-hybridized carbons (Fsp3) is 0.667. The van der Waals surface area contributed by atoms with Crippen molar-refractivity contribution in [2.45, 2.75) is 72.8 Å². The second kappa shape index (κ2) is 10.2. The van der Waals surface area contributed by atoms with E-state index in [0.717, 1.165) is 53.8 Å². The molecule has 1 fully saturated rings. The third-order valence-electron chi connectivity index (χ3n) is 5.79. The number of likely N-dealkylation sites (N-methyl/N-ethyl adjacent to an activating group) is 1. The van der Waals surface area contributed by atoms with Crippen molar-refractivity contribution in [3.8, 4) is 0 Å². The molecule has 0 saturated carbocycles. The Morgan fingerprint density at radius 3 is 2.12 bits per heavy atom. The van der Waals surface area contributed by atoms with Crippen molar-refractivity contribution in [2.24, 2.45) is 0 Å². The van der Waals surface area contributed by atoms with Gasteiger partial charge in [0, 0.05) is 44.8 Å². The van der Waals surface area contributed by atoms with Gasteiger partial charge in [-0.25, -0.2) is 0 Å². The molecule has 0 spiro atoms. The summed E-state index contributed by atoms with van der Waals surface area (Å²) in [5.41, 5.74) is 4.59. The summed E-state index contributed by atoms with van der Waals surface area (Å²) in [4.78, 5) is 13.2. The van der Waals surface area contributed by atoms with Crippen molar-refractivity contribution in [1.82, 2.24) is 0 Å². The van der Waals surface area contributed by atoms with Gasteiger partial charge in [0.1, 0.15) is 0 Å². The normalized spacial score (nSPS) is 17.5. The number of carbonyl (C=O) groups is 1. The van der Waals surface area contributed by atoms with Gasteiger partial charge in [-0.2, -0.15) is 0 Å². The topological polar surface area (TPSA) is 29.1 Å². The second-order valence-electron chi connectivity index (χ2n) is 7.61. The molecule has 1 unspecified atom stereocenters. The minimum atomic E-state index is 0. The fourth-order valence-electron chi connectivity index (χ4n) is 4.50. The molecular weight excluding hydrogens is 385 g/mol. The Morgan fingerprint density at radius 2 is 1.64 bits per heavy atom. The van der Waals surface area contributed by atoms with E-state index in [1.54, 1.807) is 0 Å². The molecule has 1 aromatic carbocycles. The maximum Gasteiger partial charge on any atom is 0.282 e. The first-order valence-electron chi connectivity index (χ1n) is 9.68. The number of quaternary nitrogens is 1. The number of hydrogen-bond donors (Lipinski definition) is 1. The molecule has 1 aromatic rings. The summed E-state index contributed by atoms with van der Waals surface area (Å²) in [6.45, 7) is 14.1. The first-order valence-corrected chi connectivity index (χ1v) is 9.68. The molecule has 4 heteroatoms. The van der Waals surface area contributed by atoms with Crippen LogP contribution in [-0.4, -0.2) is 36.1 Å². The van der Waals surface area contributed by atoms with Gasteiger partial charge < -0.3 is 9.80 Å². The number of amides is 1. The first-order chi connectivity index (χ1) is 11.4. The molecule has 2 rings (SSSR count). The standard InChI is InChI=1S/C21H34N2O.Y/c1-6-11-19(23(7-2)12-9-8-10-13-23)21(24)22-20-17(4)14-16(3)15-18(20)5;/h14-15,19H,6-13H2,1-5H3;/p+1. The molecule has 0 aromatic heterocycles. The number of likely N-dealkylation sites (tertiary alicyclic amines) is 1. The second-order valence-corrected chi connectivity index (χ2v) is 7.61. The van der Waals surface area contributed by atoms with Gasteiger partial charge >= 0.3 is 0 Å². The van der Waals surface area contributed by atoms with E-state index in [0.29, 0.717) is 0 Å². The summed E-state index contributed by atoms with van der Waals surface area (Å²) in [6, 6.07) is 4.39. The Morgan fingerprint density at radius 1 is 1.08 bits per heavy atom. The average molecular weight is 420 g/mol. The minimum absolute atomic E-state index is 0. The van der Waals surface area contributed by atoms with Crippen molar-refractivity contribution >= 4 is 11.6 Å². The number of anilines is 1. The number of piperidine rings is 1. The van der Waals surface area contributed by atoms with Crippen LogP contribution in [-0.2, 0) is 37.5 Å². The monoisotopic (exact) mass is 420 g/mol. The molecular formula is C21H35N2OY+. The van der Waals surface area contributed by atoms with Crippen LogP contribution in [0.1, 0.15) is 62.6 Å². The predicted molar refractivity (Wildman–Crippen MR) is 102 cm³/mol. The van der Waals surface area contributed by atoms with E-state index in [4.69, 9.17) is 0 Å². The van der Waals surface area contributed by atoms with Crippen LogP contribution in [0.5, 0.6) is 0 Å². The number of carbonyl (C=O) groups excluding carboxylic acids is 1. The SMILES string of the molecule is CCCC(C(=O)Nc1c(C)cc(C)cc1C)[N+]1(CC)CCCCC1.[Y]. The van der Waals surface area contributed by atoms with Crippen LogP contribution < -0.4 is 5.32 Å². The molecule has 1 N–H and O–H groups in total. The van der Waals surface area contributed by atoms with E-state index in [2.05, 4.69) is 52.1 Å². The molecule has 3 nitrogen and oxygen atoms in total. The van der Waals surface area contributed by atoms with Crippen molar-refractivity contribution in [1.29, 1.82) is 0 Å². The molecule has 1 radical (unpaired) electrons. The van der Waals surface area contributed by atoms with Crippen LogP contribution in [0.2, 0.25) is 0 Å². The molecule has 1 aliphatic heterocycles. The van der Waals surface area contributed by atoms with E-state index in [9.17, 15) is 4.79 Å². The third kappa shape index (κ3) is 5.37. The zero-order chi connectivity index (χ0) is 17.7. The molecule has 1 saturated heterocycles. The molecule has 1 heterocycles. The Balaban J connectivity index is 0.00000312. The van der Waals surface area contributed by atoms with Gasteiger partial charge in [0.25, 0.3) is 5.91 Å². The van der Waals surface area contributed by atoms with Crippen LogP contribution in [0.15, 0.2) is 12.1 Å². The summed E-state index contributed by atoms with van der Waals surface area (Å²) in [7, 11) is 0. The Labute approximate surface area is 179 Å². The number of benzene rings is 1. The molecule has 25 heavy (non-hydrogen) atoms. The zero-order valence-corrected chi connectivity index (χ0v) is 19.7. The maximum atomic E-state index is 13.2. The molecule has 1 amide bonds. The van der Waals surface area contributed by atoms with E-state index in [-0.39, 0.29) is 44.7 Å². The number of nitrogens with zero attached hydrogens (tertiary/aromatic N) is 1. The van der Waals surface area contributed by atoms with Crippen molar-refractivity contribution in [3.63, 3.8) is 0 Å². The summed E-state index contributed by atoms with van der Waals surface area (Å²) < 4.78 is 0.976. The molecule has 1 atom stereocenters. The molecule has 0 aliphatic carbocycles.